The maximum absolute atomic E-state index is 5.83. The second-order valence-corrected chi connectivity index (χ2v) is 4.95. The first-order chi connectivity index (χ1) is 8.22. The van der Waals surface area contributed by atoms with E-state index < -0.39 is 0 Å². The van der Waals surface area contributed by atoms with E-state index in [-0.39, 0.29) is 0 Å². The van der Waals surface area contributed by atoms with Crippen molar-refractivity contribution in [2.75, 3.05) is 33.2 Å². The summed E-state index contributed by atoms with van der Waals surface area (Å²) in [7, 11) is 2.17. The maximum atomic E-state index is 5.83. The summed E-state index contributed by atoms with van der Waals surface area (Å²) in [5, 5.41) is 0. The average Bonchev–Trinajstić information content (AvgIpc) is 2.39. The van der Waals surface area contributed by atoms with Gasteiger partial charge in [0.2, 0.25) is 0 Å². The molecular weight excluding hydrogens is 210 g/mol. The smallest absolute Gasteiger partial charge is 0.0343 e. The predicted molar refractivity (Wildman–Crippen MR) is 71.9 cm³/mol. The summed E-state index contributed by atoms with van der Waals surface area (Å²) in [5.74, 6) is 0. The molecule has 17 heavy (non-hydrogen) atoms. The zero-order chi connectivity index (χ0) is 12.3. The van der Waals surface area contributed by atoms with E-state index in [1.807, 2.05) is 0 Å². The van der Waals surface area contributed by atoms with Crippen molar-refractivity contribution in [2.24, 2.45) is 5.73 Å². The number of hydrogen-bond acceptors (Lipinski definition) is 3. The van der Waals surface area contributed by atoms with Crippen LogP contribution in [-0.2, 0) is 0 Å². The van der Waals surface area contributed by atoms with Crippen LogP contribution in [0.2, 0.25) is 0 Å². The minimum Gasteiger partial charge on any atom is -0.329 e. The molecule has 2 atom stereocenters. The number of benzene rings is 1. The van der Waals surface area contributed by atoms with Crippen LogP contribution in [0.15, 0.2) is 30.3 Å². The fourth-order valence-electron chi connectivity index (χ4n) is 2.52. The van der Waals surface area contributed by atoms with Crippen molar-refractivity contribution in [3.63, 3.8) is 0 Å². The summed E-state index contributed by atoms with van der Waals surface area (Å²) in [4.78, 5) is 4.90. The van der Waals surface area contributed by atoms with Gasteiger partial charge in [0, 0.05) is 38.3 Å². The fourth-order valence-corrected chi connectivity index (χ4v) is 2.52. The summed E-state index contributed by atoms with van der Waals surface area (Å²) in [6.45, 7) is 6.34. The predicted octanol–water partition coefficient (Wildman–Crippen LogP) is 1.32. The number of nitrogens with zero attached hydrogens (tertiary/aromatic N) is 2. The molecule has 0 spiro atoms. The molecule has 0 aromatic heterocycles. The summed E-state index contributed by atoms with van der Waals surface area (Å²) < 4.78 is 0. The van der Waals surface area contributed by atoms with Gasteiger partial charge in [0.25, 0.3) is 0 Å². The summed E-state index contributed by atoms with van der Waals surface area (Å²) in [6.07, 6.45) is 0. The van der Waals surface area contributed by atoms with E-state index in [1.165, 1.54) is 5.56 Å². The first kappa shape index (κ1) is 12.6. The van der Waals surface area contributed by atoms with Gasteiger partial charge >= 0.3 is 0 Å². The molecule has 0 saturated carbocycles. The van der Waals surface area contributed by atoms with Gasteiger partial charge < -0.3 is 5.73 Å². The van der Waals surface area contributed by atoms with Crippen molar-refractivity contribution < 1.29 is 0 Å². The van der Waals surface area contributed by atoms with Crippen molar-refractivity contribution in [3.8, 4) is 0 Å². The van der Waals surface area contributed by atoms with Crippen LogP contribution in [0.5, 0.6) is 0 Å². The van der Waals surface area contributed by atoms with E-state index in [1.54, 1.807) is 0 Å². The van der Waals surface area contributed by atoms with E-state index in [9.17, 15) is 0 Å². The van der Waals surface area contributed by atoms with Gasteiger partial charge in [-0.2, -0.15) is 0 Å². The van der Waals surface area contributed by atoms with E-state index in [2.05, 4.69) is 54.1 Å². The Morgan fingerprint density at radius 1 is 1.29 bits per heavy atom. The van der Waals surface area contributed by atoms with Crippen LogP contribution >= 0.6 is 0 Å². The number of rotatable bonds is 3. The van der Waals surface area contributed by atoms with Gasteiger partial charge in [-0.25, -0.2) is 0 Å². The van der Waals surface area contributed by atoms with Gasteiger partial charge in [-0.3, -0.25) is 9.80 Å². The molecule has 1 aliphatic rings. The summed E-state index contributed by atoms with van der Waals surface area (Å²) in [5.41, 5.74) is 7.22. The Hall–Kier alpha value is -0.900. The van der Waals surface area contributed by atoms with Crippen molar-refractivity contribution in [1.29, 1.82) is 0 Å². The number of hydrogen-bond donors (Lipinski definition) is 1. The first-order valence-corrected chi connectivity index (χ1v) is 6.41. The second kappa shape index (κ2) is 5.63. The Labute approximate surface area is 104 Å². The lowest BCUT2D eigenvalue weighted by atomic mass is 10.0. The van der Waals surface area contributed by atoms with Gasteiger partial charge in [0.1, 0.15) is 0 Å². The van der Waals surface area contributed by atoms with Crippen LogP contribution in [0.25, 0.3) is 0 Å². The minimum absolute atomic E-state index is 0.485. The molecule has 2 N–H and O–H groups in total. The monoisotopic (exact) mass is 233 g/mol. The third kappa shape index (κ3) is 2.86. The highest BCUT2D eigenvalue weighted by Gasteiger charge is 2.26. The van der Waals surface area contributed by atoms with E-state index in [0.717, 1.165) is 26.2 Å². The molecule has 3 nitrogen and oxygen atoms in total. The lowest BCUT2D eigenvalue weighted by Gasteiger charge is -2.41. The van der Waals surface area contributed by atoms with E-state index in [0.29, 0.717) is 12.1 Å². The van der Waals surface area contributed by atoms with Crippen molar-refractivity contribution in [1.82, 2.24) is 9.80 Å². The summed E-state index contributed by atoms with van der Waals surface area (Å²) in [6, 6.07) is 11.7. The largest absolute Gasteiger partial charge is 0.329 e. The average molecular weight is 233 g/mol. The lowest BCUT2D eigenvalue weighted by molar-refractivity contribution is 0.0730. The number of nitrogens with two attached hydrogens (primary N) is 1. The maximum Gasteiger partial charge on any atom is 0.0343 e. The van der Waals surface area contributed by atoms with Crippen molar-refractivity contribution >= 4 is 0 Å². The topological polar surface area (TPSA) is 32.5 Å². The SMILES string of the molecule is CC(c1ccccc1)N1CCN(C)C(CN)C1. The van der Waals surface area contributed by atoms with Crippen LogP contribution in [0.1, 0.15) is 18.5 Å². The molecule has 2 rings (SSSR count). The van der Waals surface area contributed by atoms with E-state index >= 15 is 0 Å². The van der Waals surface area contributed by atoms with Crippen LogP contribution in [0.4, 0.5) is 0 Å². The molecule has 0 aliphatic carbocycles. The fraction of sp³-hybridized carbons (Fsp3) is 0.571. The van der Waals surface area contributed by atoms with Crippen molar-refractivity contribution in [2.45, 2.75) is 19.0 Å². The van der Waals surface area contributed by atoms with Crippen LogP contribution in [0.3, 0.4) is 0 Å². The van der Waals surface area contributed by atoms with E-state index in [4.69, 9.17) is 5.73 Å². The Kier molecular flexibility index (Phi) is 4.15. The normalized spacial score (nSPS) is 24.8. The molecule has 0 radical (unpaired) electrons. The molecule has 1 fully saturated rings. The molecule has 1 saturated heterocycles. The molecule has 1 aromatic carbocycles. The van der Waals surface area contributed by atoms with Crippen LogP contribution in [-0.4, -0.2) is 49.1 Å². The molecule has 2 unspecified atom stereocenters. The highest BCUT2D eigenvalue weighted by Crippen LogP contribution is 2.22. The van der Waals surface area contributed by atoms with Crippen molar-refractivity contribution in [3.05, 3.63) is 35.9 Å². The Bertz CT molecular complexity index is 339. The number of piperazine rings is 1. The molecule has 1 heterocycles. The standard InChI is InChI=1S/C14H23N3/c1-12(13-6-4-3-5-7-13)17-9-8-16(2)14(10-15)11-17/h3-7,12,14H,8-11,15H2,1-2H3. The molecule has 94 valence electrons. The first-order valence-electron chi connectivity index (χ1n) is 6.41. The molecule has 1 aliphatic heterocycles. The second-order valence-electron chi connectivity index (χ2n) is 4.95. The third-order valence-electron chi connectivity index (χ3n) is 3.91. The molecule has 0 bridgehead atoms. The molecule has 0 amide bonds. The third-order valence-corrected chi connectivity index (χ3v) is 3.91. The minimum atomic E-state index is 0.485. The van der Waals surface area contributed by atoms with Gasteiger partial charge in [-0.05, 0) is 19.5 Å². The molecule has 3 heteroatoms. The van der Waals surface area contributed by atoms with Gasteiger partial charge in [-0.15, -0.1) is 0 Å². The Balaban J connectivity index is 2.03. The Morgan fingerprint density at radius 3 is 2.65 bits per heavy atom. The lowest BCUT2D eigenvalue weighted by Crippen LogP contribution is -2.54. The Morgan fingerprint density at radius 2 is 2.00 bits per heavy atom. The molecule has 1 aromatic rings. The van der Waals surface area contributed by atoms with Crippen LogP contribution < -0.4 is 5.73 Å². The zero-order valence-corrected chi connectivity index (χ0v) is 10.8. The van der Waals surface area contributed by atoms with Gasteiger partial charge in [0.15, 0.2) is 0 Å². The quantitative estimate of drug-likeness (QED) is 0.854. The number of likely N-dealkylation sites (N-methyl/N-ethyl adjacent to an activating group) is 1. The highest BCUT2D eigenvalue weighted by molar-refractivity contribution is 5.18. The van der Waals surface area contributed by atoms with Crippen LogP contribution in [0, 0.1) is 0 Å². The zero-order valence-electron chi connectivity index (χ0n) is 10.8. The summed E-state index contributed by atoms with van der Waals surface area (Å²) >= 11 is 0. The van der Waals surface area contributed by atoms with Gasteiger partial charge in [-0.1, -0.05) is 30.3 Å². The molecular formula is C14H23N3. The highest BCUT2D eigenvalue weighted by atomic mass is 15.3. The van der Waals surface area contributed by atoms with Gasteiger partial charge in [0.05, 0.1) is 0 Å².